The van der Waals surface area contributed by atoms with Gasteiger partial charge in [0.2, 0.25) is 0 Å². The lowest BCUT2D eigenvalue weighted by Crippen LogP contribution is -2.20. The zero-order valence-corrected chi connectivity index (χ0v) is 11.6. The van der Waals surface area contributed by atoms with E-state index in [1.165, 1.54) is 0 Å². The maximum Gasteiger partial charge on any atom is 0.329 e. The van der Waals surface area contributed by atoms with Crippen molar-refractivity contribution in [2.24, 2.45) is 0 Å². The highest BCUT2D eigenvalue weighted by atomic mass is 31.2. The van der Waals surface area contributed by atoms with Gasteiger partial charge < -0.3 is 14.5 Å². The molecule has 1 atom stereocenters. The Labute approximate surface area is 112 Å². The fraction of sp³-hybridized carbons (Fsp3) is 0.286. The third-order valence-electron chi connectivity index (χ3n) is 2.94. The van der Waals surface area contributed by atoms with E-state index in [2.05, 4.69) is 0 Å². The number of rotatable bonds is 5. The van der Waals surface area contributed by atoms with Crippen LogP contribution in [0.4, 0.5) is 0 Å². The van der Waals surface area contributed by atoms with E-state index >= 15 is 0 Å². The smallest absolute Gasteiger partial charge is 0.329 e. The largest absolute Gasteiger partial charge is 0.489 e. The van der Waals surface area contributed by atoms with Gasteiger partial charge in [-0.05, 0) is 17.9 Å². The van der Waals surface area contributed by atoms with E-state index in [0.29, 0.717) is 12.2 Å². The summed E-state index contributed by atoms with van der Waals surface area (Å²) in [7, 11) is -4.06. The first-order valence-corrected chi connectivity index (χ1v) is 7.98. The number of hydrogen-bond donors (Lipinski definition) is 2. The van der Waals surface area contributed by atoms with Crippen molar-refractivity contribution < 1.29 is 19.1 Å². The Bertz CT molecular complexity index is 600. The maximum absolute atomic E-state index is 11.1. The van der Waals surface area contributed by atoms with Crippen molar-refractivity contribution in [3.8, 4) is 5.75 Å². The summed E-state index contributed by atoms with van der Waals surface area (Å²) in [6.07, 6.45) is -0.187. The maximum atomic E-state index is 11.1. The summed E-state index contributed by atoms with van der Waals surface area (Å²) < 4.78 is 16.8. The molecule has 4 nitrogen and oxygen atoms in total. The molecule has 2 aromatic carbocycles. The standard InChI is InChI=1S/C14H17O4P/c1-2-12(10-19(15,16)17)18-14-9-5-7-11-6-3-4-8-13(11)14/h3-9,12H,2,10H2,1H3,(H2,15,16,17). The molecule has 2 rings (SSSR count). The first-order chi connectivity index (χ1) is 8.99. The molecule has 0 spiro atoms. The quantitative estimate of drug-likeness (QED) is 0.825. The zero-order chi connectivity index (χ0) is 13.9. The van der Waals surface area contributed by atoms with Crippen LogP contribution in [0.1, 0.15) is 13.3 Å². The topological polar surface area (TPSA) is 66.8 Å². The highest BCUT2D eigenvalue weighted by Crippen LogP contribution is 2.37. The van der Waals surface area contributed by atoms with Crippen molar-refractivity contribution in [3.05, 3.63) is 42.5 Å². The van der Waals surface area contributed by atoms with Crippen LogP contribution < -0.4 is 4.74 Å². The molecule has 5 heteroatoms. The van der Waals surface area contributed by atoms with Gasteiger partial charge in [-0.25, -0.2) is 0 Å². The molecule has 0 aliphatic carbocycles. The molecular weight excluding hydrogens is 263 g/mol. The summed E-state index contributed by atoms with van der Waals surface area (Å²) in [6, 6.07) is 13.5. The zero-order valence-electron chi connectivity index (χ0n) is 10.7. The van der Waals surface area contributed by atoms with Gasteiger partial charge in [-0.1, -0.05) is 43.3 Å². The Kier molecular flexibility index (Phi) is 4.25. The van der Waals surface area contributed by atoms with E-state index in [1.807, 2.05) is 49.4 Å². The number of benzene rings is 2. The fourth-order valence-electron chi connectivity index (χ4n) is 1.99. The molecule has 0 aliphatic heterocycles. The normalized spacial score (nSPS) is 13.4. The first kappa shape index (κ1) is 14.1. The SMILES string of the molecule is CCC(CP(=O)(O)O)Oc1cccc2ccccc12. The average molecular weight is 280 g/mol. The average Bonchev–Trinajstić information content (AvgIpc) is 2.37. The van der Waals surface area contributed by atoms with Crippen LogP contribution in [0, 0.1) is 0 Å². The number of fused-ring (bicyclic) bond motifs is 1. The van der Waals surface area contributed by atoms with Crippen LogP contribution in [0.15, 0.2) is 42.5 Å². The van der Waals surface area contributed by atoms with Gasteiger partial charge in [0, 0.05) is 5.39 Å². The molecule has 0 saturated carbocycles. The van der Waals surface area contributed by atoms with Crippen molar-refractivity contribution in [3.63, 3.8) is 0 Å². The molecular formula is C14H17O4P. The van der Waals surface area contributed by atoms with Crippen LogP contribution in [-0.2, 0) is 4.57 Å². The molecule has 0 aromatic heterocycles. The minimum atomic E-state index is -4.06. The minimum Gasteiger partial charge on any atom is -0.489 e. The lowest BCUT2D eigenvalue weighted by Gasteiger charge is -2.19. The summed E-state index contributed by atoms with van der Waals surface area (Å²) in [5.74, 6) is 0.665. The van der Waals surface area contributed by atoms with E-state index in [4.69, 9.17) is 14.5 Å². The van der Waals surface area contributed by atoms with Crippen molar-refractivity contribution in [2.45, 2.75) is 19.4 Å². The van der Waals surface area contributed by atoms with E-state index < -0.39 is 13.7 Å². The molecule has 102 valence electrons. The number of hydrogen-bond acceptors (Lipinski definition) is 2. The van der Waals surface area contributed by atoms with Crippen LogP contribution in [0.25, 0.3) is 10.8 Å². The lowest BCUT2D eigenvalue weighted by atomic mass is 10.1. The molecule has 0 saturated heterocycles. The Morgan fingerprint density at radius 1 is 1.16 bits per heavy atom. The Morgan fingerprint density at radius 2 is 1.84 bits per heavy atom. The molecule has 2 aromatic rings. The second-order valence-corrected chi connectivity index (χ2v) is 6.17. The van der Waals surface area contributed by atoms with Crippen LogP contribution in [0.5, 0.6) is 5.75 Å². The highest BCUT2D eigenvalue weighted by molar-refractivity contribution is 7.51. The summed E-state index contributed by atoms with van der Waals surface area (Å²) in [5, 5.41) is 2.00. The molecule has 0 bridgehead atoms. The molecule has 0 amide bonds. The van der Waals surface area contributed by atoms with Crippen LogP contribution >= 0.6 is 7.60 Å². The summed E-state index contributed by atoms with van der Waals surface area (Å²) in [4.78, 5) is 18.1. The van der Waals surface area contributed by atoms with Crippen molar-refractivity contribution in [1.82, 2.24) is 0 Å². The van der Waals surface area contributed by atoms with Crippen molar-refractivity contribution >= 4 is 18.4 Å². The van der Waals surface area contributed by atoms with Crippen LogP contribution in [0.3, 0.4) is 0 Å². The minimum absolute atomic E-state index is 0.257. The highest BCUT2D eigenvalue weighted by Gasteiger charge is 2.22. The van der Waals surface area contributed by atoms with Gasteiger partial charge in [0.1, 0.15) is 11.9 Å². The third kappa shape index (κ3) is 3.80. The summed E-state index contributed by atoms with van der Waals surface area (Å²) in [5.41, 5.74) is 0. The second-order valence-electron chi connectivity index (χ2n) is 4.47. The van der Waals surface area contributed by atoms with Gasteiger partial charge in [-0.2, -0.15) is 0 Å². The van der Waals surface area contributed by atoms with Gasteiger partial charge in [0.05, 0.1) is 6.16 Å². The lowest BCUT2D eigenvalue weighted by molar-refractivity contribution is 0.212. The molecule has 0 radical (unpaired) electrons. The fourth-order valence-corrected chi connectivity index (χ4v) is 2.86. The Hall–Kier alpha value is -1.35. The van der Waals surface area contributed by atoms with Crippen LogP contribution in [-0.4, -0.2) is 22.1 Å². The van der Waals surface area contributed by atoms with E-state index in [0.717, 1.165) is 10.8 Å². The predicted molar refractivity (Wildman–Crippen MR) is 75.6 cm³/mol. The molecule has 0 heterocycles. The Balaban J connectivity index is 2.27. The van der Waals surface area contributed by atoms with Gasteiger partial charge in [-0.15, -0.1) is 0 Å². The molecule has 2 N–H and O–H groups in total. The van der Waals surface area contributed by atoms with Gasteiger partial charge in [-0.3, -0.25) is 4.57 Å². The van der Waals surface area contributed by atoms with E-state index in [1.54, 1.807) is 0 Å². The van der Waals surface area contributed by atoms with Gasteiger partial charge in [0.25, 0.3) is 0 Å². The monoisotopic (exact) mass is 280 g/mol. The van der Waals surface area contributed by atoms with Crippen molar-refractivity contribution in [1.29, 1.82) is 0 Å². The van der Waals surface area contributed by atoms with Gasteiger partial charge in [0.15, 0.2) is 0 Å². The predicted octanol–water partition coefficient (Wildman–Crippen LogP) is 3.17. The third-order valence-corrected chi connectivity index (χ3v) is 3.82. The van der Waals surface area contributed by atoms with Gasteiger partial charge >= 0.3 is 7.60 Å². The van der Waals surface area contributed by atoms with Crippen molar-refractivity contribution in [2.75, 3.05) is 6.16 Å². The molecule has 1 unspecified atom stereocenters. The molecule has 0 aliphatic rings. The molecule has 19 heavy (non-hydrogen) atoms. The first-order valence-electron chi connectivity index (χ1n) is 6.18. The summed E-state index contributed by atoms with van der Waals surface area (Å²) >= 11 is 0. The van der Waals surface area contributed by atoms with E-state index in [-0.39, 0.29) is 6.16 Å². The second kappa shape index (κ2) is 5.74. The van der Waals surface area contributed by atoms with Crippen LogP contribution in [0.2, 0.25) is 0 Å². The summed E-state index contributed by atoms with van der Waals surface area (Å²) in [6.45, 7) is 1.85. The van der Waals surface area contributed by atoms with E-state index in [9.17, 15) is 4.57 Å². The Morgan fingerprint density at radius 3 is 2.53 bits per heavy atom. The molecule has 0 fully saturated rings. The number of ether oxygens (including phenoxy) is 1.